The molecule has 2 heterocycles. The number of nitrogen functional groups attached to an aromatic ring is 1. The van der Waals surface area contributed by atoms with Gasteiger partial charge < -0.3 is 15.7 Å². The van der Waals surface area contributed by atoms with E-state index in [4.69, 9.17) is 5.73 Å². The molecule has 3 N–H and O–H groups in total. The summed E-state index contributed by atoms with van der Waals surface area (Å²) in [5.41, 5.74) is 5.82. The summed E-state index contributed by atoms with van der Waals surface area (Å²) in [5.74, 6) is 1.16. The van der Waals surface area contributed by atoms with Crippen molar-refractivity contribution in [3.8, 4) is 0 Å². The van der Waals surface area contributed by atoms with Gasteiger partial charge in [-0.3, -0.25) is 0 Å². The number of rotatable bonds is 2. The molecule has 16 heavy (non-hydrogen) atoms. The topological polar surface area (TPSA) is 75.3 Å². The highest BCUT2D eigenvalue weighted by atomic mass is 16.3. The van der Waals surface area contributed by atoms with Crippen LogP contribution in [0.4, 0.5) is 11.6 Å². The fraction of sp³-hybridized carbons (Fsp3) is 0.636. The third kappa shape index (κ3) is 2.24. The number of hydrogen-bond donors (Lipinski definition) is 2. The molecule has 5 nitrogen and oxygen atoms in total. The van der Waals surface area contributed by atoms with Crippen molar-refractivity contribution in [2.45, 2.75) is 31.7 Å². The van der Waals surface area contributed by atoms with Crippen molar-refractivity contribution in [3.63, 3.8) is 0 Å². The van der Waals surface area contributed by atoms with Crippen LogP contribution in [0.2, 0.25) is 0 Å². The van der Waals surface area contributed by atoms with Crippen LogP contribution in [0.25, 0.3) is 0 Å². The molecule has 2 rings (SSSR count). The van der Waals surface area contributed by atoms with Crippen LogP contribution in [0.3, 0.4) is 0 Å². The van der Waals surface area contributed by atoms with E-state index in [2.05, 4.69) is 14.9 Å². The number of nitrogens with zero attached hydrogens (tertiary/aromatic N) is 3. The lowest BCUT2D eigenvalue weighted by Gasteiger charge is -2.29. The second-order valence-corrected chi connectivity index (χ2v) is 4.14. The fourth-order valence-corrected chi connectivity index (χ4v) is 2.21. The van der Waals surface area contributed by atoms with Crippen LogP contribution in [-0.2, 0) is 0 Å². The molecule has 1 aromatic heterocycles. The van der Waals surface area contributed by atoms with Crippen LogP contribution >= 0.6 is 0 Å². The van der Waals surface area contributed by atoms with Gasteiger partial charge in [-0.25, -0.2) is 9.97 Å². The number of aliphatic hydroxyl groups excluding tert-OH is 1. The van der Waals surface area contributed by atoms with E-state index in [9.17, 15) is 5.11 Å². The van der Waals surface area contributed by atoms with Crippen molar-refractivity contribution < 1.29 is 5.11 Å². The van der Waals surface area contributed by atoms with Gasteiger partial charge in [0, 0.05) is 18.9 Å². The largest absolute Gasteiger partial charge is 0.394 e. The van der Waals surface area contributed by atoms with E-state index in [1.165, 1.54) is 6.42 Å². The zero-order valence-electron chi connectivity index (χ0n) is 9.34. The first-order chi connectivity index (χ1) is 7.83. The molecule has 1 fully saturated rings. The molecule has 0 spiro atoms. The summed E-state index contributed by atoms with van der Waals surface area (Å²) in [7, 11) is 0. The van der Waals surface area contributed by atoms with Crippen LogP contribution in [0, 0.1) is 0 Å². The highest BCUT2D eigenvalue weighted by molar-refractivity contribution is 5.57. The molecular formula is C11H18N4O. The lowest BCUT2D eigenvalue weighted by Crippen LogP contribution is -2.38. The number of anilines is 2. The summed E-state index contributed by atoms with van der Waals surface area (Å²) >= 11 is 0. The Hall–Kier alpha value is -1.36. The Morgan fingerprint density at radius 2 is 2.12 bits per heavy atom. The minimum atomic E-state index is 0.126. The Morgan fingerprint density at radius 3 is 2.88 bits per heavy atom. The van der Waals surface area contributed by atoms with E-state index in [1.807, 2.05) is 0 Å². The highest BCUT2D eigenvalue weighted by Gasteiger charge is 2.23. The summed E-state index contributed by atoms with van der Waals surface area (Å²) < 4.78 is 0. The van der Waals surface area contributed by atoms with E-state index < -0.39 is 0 Å². The molecule has 0 bridgehead atoms. The van der Waals surface area contributed by atoms with Crippen molar-refractivity contribution in [3.05, 3.63) is 12.4 Å². The van der Waals surface area contributed by atoms with Crippen molar-refractivity contribution in [1.82, 2.24) is 9.97 Å². The highest BCUT2D eigenvalue weighted by Crippen LogP contribution is 2.25. The van der Waals surface area contributed by atoms with Gasteiger partial charge in [0.25, 0.3) is 0 Å². The average Bonchev–Trinajstić information content (AvgIpc) is 2.54. The molecule has 0 saturated carbocycles. The lowest BCUT2D eigenvalue weighted by molar-refractivity contribution is 0.254. The molecule has 88 valence electrons. The minimum Gasteiger partial charge on any atom is -0.394 e. The molecule has 0 aliphatic carbocycles. The van der Waals surface area contributed by atoms with Crippen molar-refractivity contribution in [2.24, 2.45) is 0 Å². The maximum Gasteiger partial charge on any atom is 0.171 e. The molecule has 0 radical (unpaired) electrons. The van der Waals surface area contributed by atoms with Gasteiger partial charge in [0.15, 0.2) is 11.6 Å². The Balaban J connectivity index is 2.25. The Morgan fingerprint density at radius 1 is 1.31 bits per heavy atom. The predicted octanol–water partition coefficient (Wildman–Crippen LogP) is 0.800. The second-order valence-electron chi connectivity index (χ2n) is 4.14. The van der Waals surface area contributed by atoms with Gasteiger partial charge >= 0.3 is 0 Å². The van der Waals surface area contributed by atoms with Gasteiger partial charge in [-0.15, -0.1) is 0 Å². The maximum absolute atomic E-state index is 9.41. The van der Waals surface area contributed by atoms with Gasteiger partial charge in [0.2, 0.25) is 0 Å². The molecule has 5 heteroatoms. The molecule has 1 aliphatic heterocycles. The molecule has 1 unspecified atom stereocenters. The first kappa shape index (κ1) is 11.1. The normalized spacial score (nSPS) is 21.8. The standard InChI is InChI=1S/C11H18N4O/c12-10-11(14-6-5-13-10)15-7-3-1-2-4-9(15)8-16/h5-6,9,16H,1-4,7-8H2,(H2,12,13). The predicted molar refractivity (Wildman–Crippen MR) is 63.1 cm³/mol. The van der Waals surface area contributed by atoms with Crippen LogP contribution < -0.4 is 10.6 Å². The van der Waals surface area contributed by atoms with E-state index in [1.54, 1.807) is 12.4 Å². The summed E-state index contributed by atoms with van der Waals surface area (Å²) in [4.78, 5) is 10.4. The Labute approximate surface area is 95.3 Å². The summed E-state index contributed by atoms with van der Waals surface area (Å²) in [5, 5.41) is 9.41. The number of nitrogens with two attached hydrogens (primary N) is 1. The molecular weight excluding hydrogens is 204 g/mol. The number of aromatic nitrogens is 2. The molecule has 1 aliphatic rings. The summed E-state index contributed by atoms with van der Waals surface area (Å²) in [6.07, 6.45) is 7.70. The number of hydrogen-bond acceptors (Lipinski definition) is 5. The quantitative estimate of drug-likeness (QED) is 0.774. The van der Waals surface area contributed by atoms with Crippen LogP contribution in [0.1, 0.15) is 25.7 Å². The first-order valence-corrected chi connectivity index (χ1v) is 5.77. The molecule has 1 aromatic rings. The zero-order valence-corrected chi connectivity index (χ0v) is 9.34. The minimum absolute atomic E-state index is 0.126. The lowest BCUT2D eigenvalue weighted by atomic mass is 10.1. The van der Waals surface area contributed by atoms with Gasteiger partial charge in [0.1, 0.15) is 0 Å². The fourth-order valence-electron chi connectivity index (χ4n) is 2.21. The Kier molecular flexibility index (Phi) is 3.56. The Bertz CT molecular complexity index is 345. The van der Waals surface area contributed by atoms with E-state index in [0.29, 0.717) is 11.6 Å². The molecule has 1 atom stereocenters. The van der Waals surface area contributed by atoms with Gasteiger partial charge in [-0.1, -0.05) is 12.8 Å². The third-order valence-electron chi connectivity index (χ3n) is 3.07. The maximum atomic E-state index is 9.41. The van der Waals surface area contributed by atoms with Crippen molar-refractivity contribution in [2.75, 3.05) is 23.8 Å². The molecule has 0 aromatic carbocycles. The van der Waals surface area contributed by atoms with Gasteiger partial charge in [-0.05, 0) is 12.8 Å². The zero-order chi connectivity index (χ0) is 11.4. The van der Waals surface area contributed by atoms with Crippen molar-refractivity contribution in [1.29, 1.82) is 0 Å². The monoisotopic (exact) mass is 222 g/mol. The third-order valence-corrected chi connectivity index (χ3v) is 3.07. The van der Waals surface area contributed by atoms with Gasteiger partial charge in [0.05, 0.1) is 12.6 Å². The van der Waals surface area contributed by atoms with E-state index >= 15 is 0 Å². The number of aliphatic hydroxyl groups is 1. The average molecular weight is 222 g/mol. The molecule has 0 amide bonds. The van der Waals surface area contributed by atoms with Gasteiger partial charge in [-0.2, -0.15) is 0 Å². The van der Waals surface area contributed by atoms with Crippen LogP contribution in [0.15, 0.2) is 12.4 Å². The first-order valence-electron chi connectivity index (χ1n) is 5.77. The SMILES string of the molecule is Nc1nccnc1N1CCCCCC1CO. The second kappa shape index (κ2) is 5.12. The van der Waals surface area contributed by atoms with Crippen molar-refractivity contribution >= 4 is 11.6 Å². The smallest absolute Gasteiger partial charge is 0.171 e. The summed E-state index contributed by atoms with van der Waals surface area (Å²) in [6, 6.07) is 0.126. The summed E-state index contributed by atoms with van der Waals surface area (Å²) in [6.45, 7) is 1.05. The van der Waals surface area contributed by atoms with E-state index in [-0.39, 0.29) is 12.6 Å². The molecule has 1 saturated heterocycles. The van der Waals surface area contributed by atoms with E-state index in [0.717, 1.165) is 25.8 Å². The van der Waals surface area contributed by atoms with Crippen LogP contribution in [0.5, 0.6) is 0 Å². The van der Waals surface area contributed by atoms with Crippen LogP contribution in [-0.4, -0.2) is 34.3 Å².